The largest absolute Gasteiger partial charge is 0.341 e. The van der Waals surface area contributed by atoms with Crippen molar-refractivity contribution in [1.29, 1.82) is 0 Å². The van der Waals surface area contributed by atoms with Crippen LogP contribution in [0.3, 0.4) is 0 Å². The van der Waals surface area contributed by atoms with Crippen LogP contribution in [0, 0.1) is 6.92 Å². The second-order valence-electron chi connectivity index (χ2n) is 4.32. The van der Waals surface area contributed by atoms with E-state index in [-0.39, 0.29) is 11.9 Å². The van der Waals surface area contributed by atoms with Crippen molar-refractivity contribution in [2.75, 3.05) is 13.1 Å². The molecule has 0 N–H and O–H groups in total. The summed E-state index contributed by atoms with van der Waals surface area (Å²) in [5, 5.41) is 3.57. The highest BCUT2D eigenvalue weighted by molar-refractivity contribution is 5.79. The normalized spacial score (nSPS) is 15.0. The van der Waals surface area contributed by atoms with Gasteiger partial charge in [0.25, 0.3) is 0 Å². The Morgan fingerprint density at radius 3 is 3.00 bits per heavy atom. The molecule has 1 fully saturated rings. The predicted octanol–water partition coefficient (Wildman–Crippen LogP) is 2.06. The average molecular weight is 230 g/mol. The van der Waals surface area contributed by atoms with Crippen LogP contribution in [-0.2, 0) is 11.2 Å². The van der Waals surface area contributed by atoms with E-state index in [1.807, 2.05) is 31.2 Å². The number of azide groups is 1. The van der Waals surface area contributed by atoms with E-state index in [1.165, 1.54) is 0 Å². The van der Waals surface area contributed by atoms with Gasteiger partial charge in [-0.25, -0.2) is 0 Å². The lowest BCUT2D eigenvalue weighted by Crippen LogP contribution is -2.53. The van der Waals surface area contributed by atoms with Gasteiger partial charge in [0.1, 0.15) is 0 Å². The van der Waals surface area contributed by atoms with E-state index in [0.717, 1.165) is 11.1 Å². The van der Waals surface area contributed by atoms with Crippen molar-refractivity contribution in [3.63, 3.8) is 0 Å². The van der Waals surface area contributed by atoms with Gasteiger partial charge in [-0.05, 0) is 18.0 Å². The summed E-state index contributed by atoms with van der Waals surface area (Å²) in [5.41, 5.74) is 10.4. The predicted molar refractivity (Wildman–Crippen MR) is 64.4 cm³/mol. The van der Waals surface area contributed by atoms with Gasteiger partial charge in [-0.3, -0.25) is 4.79 Å². The Hall–Kier alpha value is -2.00. The van der Waals surface area contributed by atoms with Gasteiger partial charge >= 0.3 is 0 Å². The molecule has 1 heterocycles. The van der Waals surface area contributed by atoms with Crippen LogP contribution in [-0.4, -0.2) is 29.9 Å². The highest BCUT2D eigenvalue weighted by atomic mass is 16.2. The number of aryl methyl sites for hydroxylation is 1. The Kier molecular flexibility index (Phi) is 3.30. The lowest BCUT2D eigenvalue weighted by atomic mass is 10.1. The first-order chi connectivity index (χ1) is 8.19. The smallest absolute Gasteiger partial charge is 0.227 e. The lowest BCUT2D eigenvalue weighted by molar-refractivity contribution is -0.134. The van der Waals surface area contributed by atoms with Crippen molar-refractivity contribution in [1.82, 2.24) is 4.90 Å². The van der Waals surface area contributed by atoms with Crippen LogP contribution >= 0.6 is 0 Å². The third kappa shape index (κ3) is 2.77. The molecule has 1 amide bonds. The average Bonchev–Trinajstić information content (AvgIpc) is 2.22. The number of rotatable bonds is 3. The van der Waals surface area contributed by atoms with Gasteiger partial charge in [0.05, 0.1) is 12.5 Å². The van der Waals surface area contributed by atoms with Crippen molar-refractivity contribution in [2.24, 2.45) is 5.11 Å². The first-order valence-corrected chi connectivity index (χ1v) is 5.56. The van der Waals surface area contributed by atoms with E-state index in [9.17, 15) is 4.79 Å². The van der Waals surface area contributed by atoms with Crippen LogP contribution in [0.1, 0.15) is 11.1 Å². The lowest BCUT2D eigenvalue weighted by Gasteiger charge is -2.36. The molecule has 0 radical (unpaired) electrons. The number of benzene rings is 1. The molecule has 1 aliphatic rings. The molecule has 0 saturated carbocycles. The molecule has 0 unspecified atom stereocenters. The second-order valence-corrected chi connectivity index (χ2v) is 4.32. The van der Waals surface area contributed by atoms with Crippen molar-refractivity contribution in [3.05, 3.63) is 45.8 Å². The summed E-state index contributed by atoms with van der Waals surface area (Å²) in [4.78, 5) is 16.3. The van der Waals surface area contributed by atoms with Crippen LogP contribution in [0.4, 0.5) is 0 Å². The van der Waals surface area contributed by atoms with Crippen molar-refractivity contribution in [3.8, 4) is 0 Å². The van der Waals surface area contributed by atoms with Crippen LogP contribution in [0.25, 0.3) is 10.4 Å². The molecule has 0 atom stereocenters. The summed E-state index contributed by atoms with van der Waals surface area (Å²) in [6, 6.07) is 7.89. The minimum absolute atomic E-state index is 0.0403. The molecule has 1 aliphatic heterocycles. The summed E-state index contributed by atoms with van der Waals surface area (Å²) in [7, 11) is 0. The first kappa shape index (κ1) is 11.5. The maximum Gasteiger partial charge on any atom is 0.227 e. The molecular formula is C12H14N4O. The van der Waals surface area contributed by atoms with Crippen LogP contribution in [0.5, 0.6) is 0 Å². The van der Waals surface area contributed by atoms with Gasteiger partial charge in [-0.15, -0.1) is 0 Å². The van der Waals surface area contributed by atoms with Crippen LogP contribution < -0.4 is 0 Å². The molecule has 88 valence electrons. The minimum atomic E-state index is -0.0403. The zero-order chi connectivity index (χ0) is 12.3. The molecule has 0 bridgehead atoms. The highest BCUT2D eigenvalue weighted by Crippen LogP contribution is 2.14. The van der Waals surface area contributed by atoms with E-state index in [1.54, 1.807) is 4.90 Å². The monoisotopic (exact) mass is 230 g/mol. The zero-order valence-corrected chi connectivity index (χ0v) is 9.71. The van der Waals surface area contributed by atoms with Gasteiger partial charge in [-0.1, -0.05) is 34.9 Å². The molecule has 5 nitrogen and oxygen atoms in total. The third-order valence-corrected chi connectivity index (χ3v) is 2.87. The van der Waals surface area contributed by atoms with Crippen molar-refractivity contribution in [2.45, 2.75) is 19.4 Å². The van der Waals surface area contributed by atoms with E-state index >= 15 is 0 Å². The first-order valence-electron chi connectivity index (χ1n) is 5.56. The molecule has 0 aromatic heterocycles. The van der Waals surface area contributed by atoms with Crippen LogP contribution in [0.2, 0.25) is 0 Å². The second kappa shape index (κ2) is 4.89. The van der Waals surface area contributed by atoms with Gasteiger partial charge < -0.3 is 4.90 Å². The van der Waals surface area contributed by atoms with Crippen LogP contribution in [0.15, 0.2) is 29.4 Å². The Labute approximate surface area is 99.7 Å². The van der Waals surface area contributed by atoms with E-state index in [0.29, 0.717) is 19.5 Å². The fraction of sp³-hybridized carbons (Fsp3) is 0.417. The minimum Gasteiger partial charge on any atom is -0.341 e. The fourth-order valence-corrected chi connectivity index (χ4v) is 1.91. The maximum absolute atomic E-state index is 11.8. The van der Waals surface area contributed by atoms with Gasteiger partial charge in [0.15, 0.2) is 0 Å². The summed E-state index contributed by atoms with van der Waals surface area (Å²) in [6.07, 6.45) is 0.421. The molecule has 17 heavy (non-hydrogen) atoms. The molecule has 0 aliphatic carbocycles. The van der Waals surface area contributed by atoms with Gasteiger partial charge in [0, 0.05) is 18.0 Å². The van der Waals surface area contributed by atoms with E-state index in [2.05, 4.69) is 10.0 Å². The number of carbonyl (C=O) groups is 1. The number of hydrogen-bond acceptors (Lipinski definition) is 2. The number of likely N-dealkylation sites (tertiary alicyclic amines) is 1. The maximum atomic E-state index is 11.8. The Bertz CT molecular complexity index is 473. The van der Waals surface area contributed by atoms with Crippen molar-refractivity contribution < 1.29 is 4.79 Å². The molecular weight excluding hydrogens is 216 g/mol. The van der Waals surface area contributed by atoms with E-state index < -0.39 is 0 Å². The topological polar surface area (TPSA) is 69.1 Å². The number of nitrogens with zero attached hydrogens (tertiary/aromatic N) is 4. The van der Waals surface area contributed by atoms with Crippen molar-refractivity contribution >= 4 is 5.91 Å². The summed E-state index contributed by atoms with van der Waals surface area (Å²) in [5.74, 6) is 0.0972. The number of carbonyl (C=O) groups excluding carboxylic acids is 1. The zero-order valence-electron chi connectivity index (χ0n) is 9.71. The Morgan fingerprint density at radius 2 is 2.35 bits per heavy atom. The summed E-state index contributed by atoms with van der Waals surface area (Å²) >= 11 is 0. The molecule has 1 saturated heterocycles. The summed E-state index contributed by atoms with van der Waals surface area (Å²) < 4.78 is 0. The fourth-order valence-electron chi connectivity index (χ4n) is 1.91. The molecule has 1 aromatic rings. The molecule has 5 heteroatoms. The third-order valence-electron chi connectivity index (χ3n) is 2.87. The van der Waals surface area contributed by atoms with Gasteiger partial charge in [-0.2, -0.15) is 0 Å². The summed E-state index contributed by atoms with van der Waals surface area (Å²) in [6.45, 7) is 3.11. The van der Waals surface area contributed by atoms with Gasteiger partial charge in [0.2, 0.25) is 5.91 Å². The Balaban J connectivity index is 1.89. The number of hydrogen-bond donors (Lipinski definition) is 0. The highest BCUT2D eigenvalue weighted by Gasteiger charge is 2.29. The number of amides is 1. The molecule has 2 rings (SSSR count). The quantitative estimate of drug-likeness (QED) is 0.445. The Morgan fingerprint density at radius 1 is 1.59 bits per heavy atom. The SMILES string of the molecule is Cc1cccc(CC(=O)N2CC(N=[N+]=[N-])C2)c1. The molecule has 0 spiro atoms. The molecule has 1 aromatic carbocycles. The standard InChI is InChI=1S/C12H14N4O/c1-9-3-2-4-10(5-9)6-12(17)16-7-11(8-16)14-15-13/h2-5,11H,6-8H2,1H3. The van der Waals surface area contributed by atoms with E-state index in [4.69, 9.17) is 5.53 Å².